The highest BCUT2D eigenvalue weighted by Crippen LogP contribution is 2.24. The molecule has 0 unspecified atom stereocenters. The molecule has 0 saturated heterocycles. The smallest absolute Gasteiger partial charge is 0.265 e. The number of thiophene rings is 1. The van der Waals surface area contributed by atoms with E-state index in [1.165, 1.54) is 11.3 Å². The molecular formula is C13H11BrN2O2S. The van der Waals surface area contributed by atoms with Crippen molar-refractivity contribution in [2.75, 3.05) is 5.32 Å². The molecule has 98 valence electrons. The number of hydrogen-bond donors (Lipinski definition) is 2. The summed E-state index contributed by atoms with van der Waals surface area (Å²) < 4.78 is 0.902. The largest absolute Gasteiger partial charge is 0.411 e. The van der Waals surface area contributed by atoms with Gasteiger partial charge in [0.2, 0.25) is 0 Å². The average Bonchev–Trinajstić information content (AvgIpc) is 2.85. The van der Waals surface area contributed by atoms with Crippen LogP contribution in [-0.2, 0) is 0 Å². The molecule has 0 aliphatic carbocycles. The molecule has 6 heteroatoms. The number of nitrogens with zero attached hydrogens (tertiary/aromatic N) is 1. The van der Waals surface area contributed by atoms with Gasteiger partial charge in [-0.05, 0) is 41.1 Å². The fourth-order valence-corrected chi connectivity index (χ4v) is 2.86. The fourth-order valence-electron chi connectivity index (χ4n) is 1.58. The topological polar surface area (TPSA) is 61.7 Å². The SMILES string of the molecule is C/C(=N\O)c1ccccc1NC(=O)c1ccc(Br)s1. The maximum absolute atomic E-state index is 12.1. The summed E-state index contributed by atoms with van der Waals surface area (Å²) in [5.41, 5.74) is 1.75. The van der Waals surface area contributed by atoms with Crippen LogP contribution in [0.1, 0.15) is 22.2 Å². The van der Waals surface area contributed by atoms with Crippen molar-refractivity contribution in [3.8, 4) is 0 Å². The first kappa shape index (κ1) is 13.8. The van der Waals surface area contributed by atoms with E-state index in [0.717, 1.165) is 3.79 Å². The molecule has 0 aliphatic heterocycles. The minimum atomic E-state index is -0.186. The molecule has 0 bridgehead atoms. The molecule has 1 aromatic heterocycles. The van der Waals surface area contributed by atoms with E-state index < -0.39 is 0 Å². The number of amides is 1. The van der Waals surface area contributed by atoms with Gasteiger partial charge in [-0.3, -0.25) is 4.79 Å². The van der Waals surface area contributed by atoms with Gasteiger partial charge in [0, 0.05) is 5.56 Å². The zero-order valence-electron chi connectivity index (χ0n) is 10.1. The minimum Gasteiger partial charge on any atom is -0.411 e. The van der Waals surface area contributed by atoms with Crippen LogP contribution < -0.4 is 5.32 Å². The molecule has 0 aliphatic rings. The quantitative estimate of drug-likeness (QED) is 0.505. The monoisotopic (exact) mass is 338 g/mol. The second-order valence-corrected chi connectivity index (χ2v) is 6.25. The van der Waals surface area contributed by atoms with Gasteiger partial charge in [0.05, 0.1) is 20.1 Å². The Morgan fingerprint density at radius 1 is 1.32 bits per heavy atom. The van der Waals surface area contributed by atoms with Gasteiger partial charge >= 0.3 is 0 Å². The molecule has 4 nitrogen and oxygen atoms in total. The molecule has 2 rings (SSSR count). The van der Waals surface area contributed by atoms with Crippen molar-refractivity contribution >= 4 is 44.6 Å². The molecule has 1 aromatic carbocycles. The molecule has 2 aromatic rings. The fraction of sp³-hybridized carbons (Fsp3) is 0.0769. The third kappa shape index (κ3) is 3.21. The molecule has 0 atom stereocenters. The summed E-state index contributed by atoms with van der Waals surface area (Å²) in [6, 6.07) is 10.8. The van der Waals surface area contributed by atoms with Crippen LogP contribution in [0.2, 0.25) is 0 Å². The number of para-hydroxylation sites is 1. The number of rotatable bonds is 3. The lowest BCUT2D eigenvalue weighted by atomic mass is 10.1. The Labute approximate surface area is 122 Å². The molecule has 0 spiro atoms. The zero-order valence-corrected chi connectivity index (χ0v) is 12.5. The van der Waals surface area contributed by atoms with Crippen LogP contribution in [0.3, 0.4) is 0 Å². The summed E-state index contributed by atoms with van der Waals surface area (Å²) in [6.07, 6.45) is 0. The molecule has 0 radical (unpaired) electrons. The number of anilines is 1. The lowest BCUT2D eigenvalue weighted by Gasteiger charge is -2.09. The lowest BCUT2D eigenvalue weighted by molar-refractivity contribution is 0.103. The van der Waals surface area contributed by atoms with E-state index in [4.69, 9.17) is 5.21 Å². The first-order chi connectivity index (χ1) is 9.11. The number of halogens is 1. The van der Waals surface area contributed by atoms with Crippen molar-refractivity contribution in [3.05, 3.63) is 50.6 Å². The first-order valence-electron chi connectivity index (χ1n) is 5.46. The molecule has 0 fully saturated rings. The van der Waals surface area contributed by atoms with E-state index in [-0.39, 0.29) is 5.91 Å². The summed E-state index contributed by atoms with van der Waals surface area (Å²) >= 11 is 4.68. The van der Waals surface area contributed by atoms with E-state index in [1.54, 1.807) is 25.1 Å². The Balaban J connectivity index is 2.27. The maximum Gasteiger partial charge on any atom is 0.265 e. The van der Waals surface area contributed by atoms with Crippen molar-refractivity contribution in [1.82, 2.24) is 0 Å². The van der Waals surface area contributed by atoms with Crippen LogP contribution in [0, 0.1) is 0 Å². The summed E-state index contributed by atoms with van der Waals surface area (Å²) in [4.78, 5) is 12.7. The summed E-state index contributed by atoms with van der Waals surface area (Å²) in [5.74, 6) is -0.186. The summed E-state index contributed by atoms with van der Waals surface area (Å²) in [7, 11) is 0. The Kier molecular flexibility index (Phi) is 4.34. The van der Waals surface area contributed by atoms with E-state index in [2.05, 4.69) is 26.4 Å². The van der Waals surface area contributed by atoms with Crippen LogP contribution >= 0.6 is 27.3 Å². The van der Waals surface area contributed by atoms with Crippen LogP contribution in [0.4, 0.5) is 5.69 Å². The number of carbonyl (C=O) groups is 1. The molecule has 2 N–H and O–H groups in total. The zero-order chi connectivity index (χ0) is 13.8. The minimum absolute atomic E-state index is 0.186. The summed E-state index contributed by atoms with van der Waals surface area (Å²) in [5, 5.41) is 14.8. The van der Waals surface area contributed by atoms with Crippen LogP contribution in [0.25, 0.3) is 0 Å². The van der Waals surface area contributed by atoms with E-state index in [9.17, 15) is 4.79 Å². The number of oxime groups is 1. The van der Waals surface area contributed by atoms with E-state index >= 15 is 0 Å². The Morgan fingerprint density at radius 3 is 2.68 bits per heavy atom. The Morgan fingerprint density at radius 2 is 2.05 bits per heavy atom. The number of nitrogens with one attached hydrogen (secondary N) is 1. The highest BCUT2D eigenvalue weighted by molar-refractivity contribution is 9.11. The highest BCUT2D eigenvalue weighted by Gasteiger charge is 2.12. The Bertz CT molecular complexity index is 637. The molecule has 1 heterocycles. The van der Waals surface area contributed by atoms with Gasteiger partial charge in [0.1, 0.15) is 0 Å². The van der Waals surface area contributed by atoms with Gasteiger partial charge in [-0.2, -0.15) is 0 Å². The van der Waals surface area contributed by atoms with Crippen molar-refractivity contribution in [1.29, 1.82) is 0 Å². The third-order valence-electron chi connectivity index (χ3n) is 2.51. The van der Waals surface area contributed by atoms with Crippen molar-refractivity contribution in [2.24, 2.45) is 5.16 Å². The Hall–Kier alpha value is -1.66. The third-order valence-corrected chi connectivity index (χ3v) is 4.13. The second kappa shape index (κ2) is 5.99. The predicted octanol–water partition coefficient (Wildman–Crippen LogP) is 3.96. The van der Waals surface area contributed by atoms with Gasteiger partial charge in [-0.25, -0.2) is 0 Å². The number of benzene rings is 1. The van der Waals surface area contributed by atoms with Crippen LogP contribution in [-0.4, -0.2) is 16.8 Å². The molecular weight excluding hydrogens is 328 g/mol. The van der Waals surface area contributed by atoms with Gasteiger partial charge in [0.15, 0.2) is 0 Å². The molecule has 19 heavy (non-hydrogen) atoms. The standard InChI is InChI=1S/C13H11BrN2O2S/c1-8(16-18)9-4-2-3-5-10(9)15-13(17)11-6-7-12(14)19-11/h2-7,18H,1H3,(H,15,17)/b16-8+. The van der Waals surface area contributed by atoms with E-state index in [0.29, 0.717) is 21.8 Å². The van der Waals surface area contributed by atoms with Crippen LogP contribution in [0.15, 0.2) is 45.3 Å². The van der Waals surface area contributed by atoms with Crippen LogP contribution in [0.5, 0.6) is 0 Å². The van der Waals surface area contributed by atoms with E-state index in [1.807, 2.05) is 18.2 Å². The molecule has 0 saturated carbocycles. The number of carbonyl (C=O) groups excluding carboxylic acids is 1. The normalized spacial score (nSPS) is 11.4. The summed E-state index contributed by atoms with van der Waals surface area (Å²) in [6.45, 7) is 1.67. The predicted molar refractivity (Wildman–Crippen MR) is 80.4 cm³/mol. The van der Waals surface area contributed by atoms with Crippen molar-refractivity contribution < 1.29 is 10.0 Å². The van der Waals surface area contributed by atoms with Gasteiger partial charge in [-0.1, -0.05) is 23.4 Å². The van der Waals surface area contributed by atoms with Gasteiger partial charge in [0.25, 0.3) is 5.91 Å². The van der Waals surface area contributed by atoms with Crippen molar-refractivity contribution in [3.63, 3.8) is 0 Å². The van der Waals surface area contributed by atoms with Gasteiger partial charge < -0.3 is 10.5 Å². The average molecular weight is 339 g/mol. The lowest BCUT2D eigenvalue weighted by Crippen LogP contribution is -2.13. The maximum atomic E-state index is 12.1. The van der Waals surface area contributed by atoms with Gasteiger partial charge in [-0.15, -0.1) is 11.3 Å². The van der Waals surface area contributed by atoms with Crippen molar-refractivity contribution in [2.45, 2.75) is 6.92 Å². The first-order valence-corrected chi connectivity index (χ1v) is 7.07. The highest BCUT2D eigenvalue weighted by atomic mass is 79.9. The number of hydrogen-bond acceptors (Lipinski definition) is 4. The second-order valence-electron chi connectivity index (χ2n) is 3.79. The molecule has 1 amide bonds.